The van der Waals surface area contributed by atoms with Gasteiger partial charge in [-0.05, 0) is 41.8 Å². The van der Waals surface area contributed by atoms with Crippen LogP contribution in [0.3, 0.4) is 0 Å². The number of anilines is 2. The van der Waals surface area contributed by atoms with Crippen molar-refractivity contribution in [1.29, 1.82) is 0 Å². The van der Waals surface area contributed by atoms with Crippen molar-refractivity contribution in [3.05, 3.63) is 53.6 Å². The van der Waals surface area contributed by atoms with Gasteiger partial charge in [-0.15, -0.1) is 10.2 Å². The summed E-state index contributed by atoms with van der Waals surface area (Å²) in [6, 6.07) is 13.7. The molecule has 2 aliphatic heterocycles. The van der Waals surface area contributed by atoms with Crippen LogP contribution in [-0.4, -0.2) is 71.2 Å². The zero-order valence-corrected chi connectivity index (χ0v) is 19.4. The average molecular weight is 479 g/mol. The van der Waals surface area contributed by atoms with Crippen LogP contribution in [0.1, 0.15) is 17.5 Å². The predicted molar refractivity (Wildman–Crippen MR) is 132 cm³/mol. The molecular weight excluding hydrogens is 452 g/mol. The Morgan fingerprint density at radius 3 is 3.00 bits per heavy atom. The van der Waals surface area contributed by atoms with E-state index in [-0.39, 0.29) is 25.2 Å². The summed E-state index contributed by atoms with van der Waals surface area (Å²) in [5, 5.41) is 19.8. The first-order valence-electron chi connectivity index (χ1n) is 11.2. The van der Waals surface area contributed by atoms with Crippen molar-refractivity contribution in [3.8, 4) is 16.3 Å². The standard InChI is InChI=1S/C24H26N6O3S/c25-19-6-7-29(14-19)22(32)15-33-21-3-1-2-16(11-21)23-27-28-24(34-23)30(8-9-31)20-5-4-17-12-26-13-18(17)10-20/h1-5,10-11,13,19,31H,6-9,12,14-15,25H2. The molecule has 1 aromatic heterocycles. The molecule has 2 aromatic carbocycles. The Labute approximate surface area is 201 Å². The lowest BCUT2D eigenvalue weighted by Gasteiger charge is -2.20. The van der Waals surface area contributed by atoms with Crippen LogP contribution in [0.4, 0.5) is 10.8 Å². The van der Waals surface area contributed by atoms with Crippen molar-refractivity contribution < 1.29 is 14.6 Å². The number of carbonyl (C=O) groups is 1. The van der Waals surface area contributed by atoms with Gasteiger partial charge >= 0.3 is 0 Å². The Morgan fingerprint density at radius 2 is 2.18 bits per heavy atom. The summed E-state index contributed by atoms with van der Waals surface area (Å²) in [5.41, 5.74) is 9.94. The van der Waals surface area contributed by atoms with Crippen molar-refractivity contribution >= 4 is 34.3 Å². The van der Waals surface area contributed by atoms with Crippen molar-refractivity contribution in [1.82, 2.24) is 15.1 Å². The van der Waals surface area contributed by atoms with E-state index in [0.29, 0.717) is 37.1 Å². The van der Waals surface area contributed by atoms with E-state index in [2.05, 4.69) is 27.3 Å². The summed E-state index contributed by atoms with van der Waals surface area (Å²) in [6.07, 6.45) is 2.70. The Kier molecular flexibility index (Phi) is 6.52. The molecule has 0 spiro atoms. The Morgan fingerprint density at radius 1 is 1.26 bits per heavy atom. The van der Waals surface area contributed by atoms with E-state index in [9.17, 15) is 9.90 Å². The second-order valence-corrected chi connectivity index (χ2v) is 9.28. The van der Waals surface area contributed by atoms with Crippen LogP contribution < -0.4 is 15.4 Å². The number of amides is 1. The van der Waals surface area contributed by atoms with Crippen molar-refractivity contribution in [2.45, 2.75) is 19.0 Å². The third-order valence-corrected chi connectivity index (χ3v) is 6.92. The van der Waals surface area contributed by atoms with Crippen molar-refractivity contribution in [3.63, 3.8) is 0 Å². The highest BCUT2D eigenvalue weighted by molar-refractivity contribution is 7.18. The number of hydrogen-bond acceptors (Lipinski definition) is 9. The fourth-order valence-corrected chi connectivity index (χ4v) is 4.99. The number of aromatic nitrogens is 2. The van der Waals surface area contributed by atoms with Crippen LogP contribution >= 0.6 is 11.3 Å². The number of nitrogens with zero attached hydrogens (tertiary/aromatic N) is 5. The lowest BCUT2D eigenvalue weighted by Crippen LogP contribution is -2.35. The minimum absolute atomic E-state index is 0.0145. The molecule has 1 saturated heterocycles. The summed E-state index contributed by atoms with van der Waals surface area (Å²) in [6.45, 7) is 2.32. The van der Waals surface area contributed by atoms with Gasteiger partial charge in [-0.3, -0.25) is 9.79 Å². The van der Waals surface area contributed by atoms with E-state index < -0.39 is 0 Å². The third-order valence-electron chi connectivity index (χ3n) is 5.92. The van der Waals surface area contributed by atoms with Gasteiger partial charge in [0.15, 0.2) is 6.61 Å². The third kappa shape index (κ3) is 4.79. The molecule has 1 amide bonds. The minimum Gasteiger partial charge on any atom is -0.484 e. The number of hydrogen-bond donors (Lipinski definition) is 2. The van der Waals surface area contributed by atoms with Gasteiger partial charge in [0.2, 0.25) is 5.13 Å². The van der Waals surface area contributed by atoms with Gasteiger partial charge in [0.05, 0.1) is 13.2 Å². The zero-order chi connectivity index (χ0) is 23.5. The van der Waals surface area contributed by atoms with Gasteiger partial charge in [0.25, 0.3) is 5.91 Å². The molecule has 34 heavy (non-hydrogen) atoms. The summed E-state index contributed by atoms with van der Waals surface area (Å²) in [5.74, 6) is 0.534. The highest BCUT2D eigenvalue weighted by Crippen LogP contribution is 2.35. The van der Waals surface area contributed by atoms with E-state index in [1.54, 1.807) is 4.90 Å². The first-order valence-corrected chi connectivity index (χ1v) is 12.0. The molecule has 0 aliphatic carbocycles. The molecule has 5 rings (SSSR count). The average Bonchev–Trinajstić information content (AvgIpc) is 3.61. The van der Waals surface area contributed by atoms with Crippen LogP contribution in [0.2, 0.25) is 0 Å². The first-order chi connectivity index (χ1) is 16.6. The second kappa shape index (κ2) is 9.88. The van der Waals surface area contributed by atoms with Gasteiger partial charge in [0, 0.05) is 43.1 Å². The summed E-state index contributed by atoms with van der Waals surface area (Å²) in [7, 11) is 0. The maximum absolute atomic E-state index is 12.4. The smallest absolute Gasteiger partial charge is 0.260 e. The molecule has 9 nitrogen and oxygen atoms in total. The molecule has 176 valence electrons. The number of aliphatic imine (C=N–C) groups is 1. The Hall–Kier alpha value is -3.34. The molecular formula is C24H26N6O3S. The monoisotopic (exact) mass is 478 g/mol. The Bertz CT molecular complexity index is 1210. The number of likely N-dealkylation sites (tertiary alicyclic amines) is 1. The fourth-order valence-electron chi connectivity index (χ4n) is 4.10. The summed E-state index contributed by atoms with van der Waals surface area (Å²) in [4.78, 5) is 20.4. The topological polar surface area (TPSA) is 117 Å². The highest BCUT2D eigenvalue weighted by atomic mass is 32.1. The fraction of sp³-hybridized carbons (Fsp3) is 0.333. The number of aliphatic hydroxyl groups excluding tert-OH is 1. The van der Waals surface area contributed by atoms with E-state index >= 15 is 0 Å². The van der Waals surface area contributed by atoms with Crippen molar-refractivity contribution in [2.75, 3.05) is 37.7 Å². The molecule has 1 fully saturated rings. The van der Waals surface area contributed by atoms with E-state index in [0.717, 1.165) is 28.2 Å². The van der Waals surface area contributed by atoms with E-state index in [1.165, 1.54) is 16.9 Å². The molecule has 10 heteroatoms. The summed E-state index contributed by atoms with van der Waals surface area (Å²) < 4.78 is 5.75. The number of ether oxygens (including phenoxy) is 1. The van der Waals surface area contributed by atoms with Crippen LogP contribution in [0, 0.1) is 0 Å². The van der Waals surface area contributed by atoms with Crippen LogP contribution in [0.15, 0.2) is 47.5 Å². The van der Waals surface area contributed by atoms with Crippen LogP contribution in [0.25, 0.3) is 10.6 Å². The highest BCUT2D eigenvalue weighted by Gasteiger charge is 2.24. The zero-order valence-electron chi connectivity index (χ0n) is 18.6. The maximum atomic E-state index is 12.4. The normalized spacial score (nSPS) is 16.6. The minimum atomic E-state index is -0.0596. The molecule has 0 saturated carbocycles. The molecule has 3 aromatic rings. The largest absolute Gasteiger partial charge is 0.484 e. The lowest BCUT2D eigenvalue weighted by atomic mass is 10.1. The Balaban J connectivity index is 1.30. The lowest BCUT2D eigenvalue weighted by molar-refractivity contribution is -0.132. The molecule has 3 N–H and O–H groups in total. The molecule has 2 aliphatic rings. The number of nitrogens with two attached hydrogens (primary N) is 1. The predicted octanol–water partition coefficient (Wildman–Crippen LogP) is 2.21. The number of fused-ring (bicyclic) bond motifs is 1. The first kappa shape index (κ1) is 22.5. The van der Waals surface area contributed by atoms with E-state index in [4.69, 9.17) is 10.5 Å². The van der Waals surface area contributed by atoms with Gasteiger partial charge in [-0.2, -0.15) is 0 Å². The molecule has 1 atom stereocenters. The number of benzene rings is 2. The molecule has 1 unspecified atom stereocenters. The van der Waals surface area contributed by atoms with Gasteiger partial charge in [-0.25, -0.2) is 0 Å². The molecule has 0 bridgehead atoms. The van der Waals surface area contributed by atoms with Gasteiger partial charge in [-0.1, -0.05) is 29.5 Å². The van der Waals surface area contributed by atoms with Crippen molar-refractivity contribution in [2.24, 2.45) is 10.7 Å². The number of aliphatic hydroxyl groups is 1. The summed E-state index contributed by atoms with van der Waals surface area (Å²) >= 11 is 1.43. The number of carbonyl (C=O) groups excluding carboxylic acids is 1. The molecule has 3 heterocycles. The number of rotatable bonds is 8. The van der Waals surface area contributed by atoms with Gasteiger partial charge in [0.1, 0.15) is 10.8 Å². The maximum Gasteiger partial charge on any atom is 0.260 e. The van der Waals surface area contributed by atoms with Crippen LogP contribution in [-0.2, 0) is 11.3 Å². The molecule has 0 radical (unpaired) electrons. The SMILES string of the molecule is NC1CCN(C(=O)COc2cccc(-c3nnc(N(CCO)c4ccc5c(c4)C=NC5)s3)c2)C1. The quantitative estimate of drug-likeness (QED) is 0.510. The van der Waals surface area contributed by atoms with Gasteiger partial charge < -0.3 is 25.4 Å². The second-order valence-electron chi connectivity index (χ2n) is 8.32. The van der Waals surface area contributed by atoms with E-state index in [1.807, 2.05) is 41.4 Å². The van der Waals surface area contributed by atoms with Crippen LogP contribution in [0.5, 0.6) is 5.75 Å².